The first kappa shape index (κ1) is 12.0. The van der Waals surface area contributed by atoms with E-state index in [-0.39, 0.29) is 0 Å². The summed E-state index contributed by atoms with van der Waals surface area (Å²) in [7, 11) is 0. The lowest BCUT2D eigenvalue weighted by atomic mass is 10.0. The topological polar surface area (TPSA) is 20.2 Å². The molecular weight excluding hydrogens is 184 g/mol. The first-order valence-electron chi connectivity index (χ1n) is 5.63. The molecule has 0 saturated heterocycles. The lowest BCUT2D eigenvalue weighted by Gasteiger charge is -2.02. The van der Waals surface area contributed by atoms with Crippen molar-refractivity contribution in [1.82, 2.24) is 0 Å². The summed E-state index contributed by atoms with van der Waals surface area (Å²) in [5.74, 6) is 0. The van der Waals surface area contributed by atoms with Crippen LogP contribution in [0.5, 0.6) is 0 Å². The number of hydrogen-bond donors (Lipinski definition) is 1. The van der Waals surface area contributed by atoms with Crippen molar-refractivity contribution in [3.8, 4) is 0 Å². The van der Waals surface area contributed by atoms with Crippen LogP contribution in [0.1, 0.15) is 31.7 Å². The summed E-state index contributed by atoms with van der Waals surface area (Å²) < 4.78 is 0. The smallest absolute Gasteiger partial charge is 0.0433 e. The van der Waals surface area contributed by atoms with Crippen molar-refractivity contribution in [2.24, 2.45) is 0 Å². The second-order valence-corrected chi connectivity index (χ2v) is 3.90. The molecule has 0 aliphatic rings. The summed E-state index contributed by atoms with van der Waals surface area (Å²) in [4.78, 5) is 0. The van der Waals surface area contributed by atoms with Crippen molar-refractivity contribution < 1.29 is 5.11 Å². The molecule has 0 aliphatic heterocycles. The van der Waals surface area contributed by atoms with Crippen molar-refractivity contribution in [3.63, 3.8) is 0 Å². The summed E-state index contributed by atoms with van der Waals surface area (Å²) in [6.07, 6.45) is 6.34. The van der Waals surface area contributed by atoms with Crippen molar-refractivity contribution >= 4 is 0 Å². The molecule has 0 fully saturated rings. The Morgan fingerprint density at radius 1 is 1.27 bits per heavy atom. The Labute approximate surface area is 92.5 Å². The predicted octanol–water partition coefficient (Wildman–Crippen LogP) is 3.34. The maximum atomic E-state index is 8.66. The number of benzene rings is 1. The Hall–Kier alpha value is -1.08. The van der Waals surface area contributed by atoms with E-state index in [2.05, 4.69) is 37.3 Å². The highest BCUT2D eigenvalue weighted by Gasteiger charge is 1.93. The molecule has 0 aromatic heterocycles. The van der Waals surface area contributed by atoms with Crippen LogP contribution in [-0.2, 0) is 6.42 Å². The van der Waals surface area contributed by atoms with Crippen molar-refractivity contribution in [1.29, 1.82) is 0 Å². The van der Waals surface area contributed by atoms with Gasteiger partial charge in [0.2, 0.25) is 0 Å². The van der Waals surface area contributed by atoms with Gasteiger partial charge in [-0.25, -0.2) is 0 Å². The third-order valence-corrected chi connectivity index (χ3v) is 2.51. The molecule has 1 aromatic carbocycles. The maximum absolute atomic E-state index is 8.66. The number of aliphatic hydroxyl groups is 1. The molecule has 0 radical (unpaired) electrons. The van der Waals surface area contributed by atoms with E-state index in [4.69, 9.17) is 5.11 Å². The minimum Gasteiger partial charge on any atom is -0.396 e. The minimum atomic E-state index is 0.294. The number of aliphatic hydroxyl groups excluding tert-OH is 1. The predicted molar refractivity (Wildman–Crippen MR) is 64.8 cm³/mol. The monoisotopic (exact) mass is 204 g/mol. The summed E-state index contributed by atoms with van der Waals surface area (Å²) in [5.41, 5.74) is 2.82. The minimum absolute atomic E-state index is 0.294. The molecule has 0 aliphatic carbocycles. The molecule has 1 N–H and O–H groups in total. The van der Waals surface area contributed by atoms with Gasteiger partial charge in [-0.2, -0.15) is 0 Å². The third-order valence-electron chi connectivity index (χ3n) is 2.51. The number of hydrogen-bond acceptors (Lipinski definition) is 1. The van der Waals surface area contributed by atoms with Crippen LogP contribution in [0.3, 0.4) is 0 Å². The Morgan fingerprint density at radius 2 is 2.00 bits per heavy atom. The van der Waals surface area contributed by atoms with Crippen LogP contribution < -0.4 is 0 Å². The van der Waals surface area contributed by atoms with Gasteiger partial charge in [-0.15, -0.1) is 0 Å². The molecule has 0 unspecified atom stereocenters. The molecule has 0 bridgehead atoms. The third kappa shape index (κ3) is 5.38. The lowest BCUT2D eigenvalue weighted by Crippen LogP contribution is -1.87. The molecule has 1 aromatic rings. The summed E-state index contributed by atoms with van der Waals surface area (Å²) in [6.45, 7) is 2.46. The van der Waals surface area contributed by atoms with Crippen LogP contribution in [0.2, 0.25) is 0 Å². The van der Waals surface area contributed by atoms with E-state index in [1.807, 2.05) is 6.07 Å². The van der Waals surface area contributed by atoms with Crippen molar-refractivity contribution in [3.05, 3.63) is 47.5 Å². The fraction of sp³-hybridized carbons (Fsp3) is 0.429. The van der Waals surface area contributed by atoms with Gasteiger partial charge in [0.05, 0.1) is 0 Å². The summed E-state index contributed by atoms with van der Waals surface area (Å²) in [5, 5.41) is 8.66. The Morgan fingerprint density at radius 3 is 2.67 bits per heavy atom. The van der Waals surface area contributed by atoms with Gasteiger partial charge in [0.1, 0.15) is 0 Å². The SMILES string of the molecule is C/C(=C\CCCO)CCc1ccccc1. The molecule has 0 heterocycles. The first-order chi connectivity index (χ1) is 7.33. The number of unbranched alkanes of at least 4 members (excludes halogenated alkanes) is 1. The molecule has 1 rings (SSSR count). The maximum Gasteiger partial charge on any atom is 0.0433 e. The summed E-state index contributed by atoms with van der Waals surface area (Å²) in [6, 6.07) is 10.6. The zero-order valence-corrected chi connectivity index (χ0v) is 9.45. The van der Waals surface area contributed by atoms with Crippen LogP contribution >= 0.6 is 0 Å². The van der Waals surface area contributed by atoms with Gasteiger partial charge in [-0.05, 0) is 38.2 Å². The largest absolute Gasteiger partial charge is 0.396 e. The Bertz CT molecular complexity index is 287. The van der Waals surface area contributed by atoms with E-state index in [0.717, 1.165) is 25.7 Å². The number of rotatable bonds is 6. The average molecular weight is 204 g/mol. The molecule has 0 spiro atoms. The highest BCUT2D eigenvalue weighted by Crippen LogP contribution is 2.09. The van der Waals surface area contributed by atoms with Crippen molar-refractivity contribution in [2.75, 3.05) is 6.61 Å². The molecule has 1 heteroatoms. The van der Waals surface area contributed by atoms with Gasteiger partial charge >= 0.3 is 0 Å². The van der Waals surface area contributed by atoms with Crippen LogP contribution in [-0.4, -0.2) is 11.7 Å². The van der Waals surface area contributed by atoms with Gasteiger partial charge in [0.15, 0.2) is 0 Å². The highest BCUT2D eigenvalue weighted by atomic mass is 16.2. The Balaban J connectivity index is 2.28. The van der Waals surface area contributed by atoms with E-state index in [0.29, 0.717) is 6.61 Å². The van der Waals surface area contributed by atoms with E-state index >= 15 is 0 Å². The lowest BCUT2D eigenvalue weighted by molar-refractivity contribution is 0.289. The fourth-order valence-electron chi connectivity index (χ4n) is 1.53. The molecule has 0 saturated carbocycles. The highest BCUT2D eigenvalue weighted by molar-refractivity contribution is 5.16. The first-order valence-corrected chi connectivity index (χ1v) is 5.63. The van der Waals surface area contributed by atoms with E-state index < -0.39 is 0 Å². The second-order valence-electron chi connectivity index (χ2n) is 3.90. The zero-order valence-electron chi connectivity index (χ0n) is 9.45. The van der Waals surface area contributed by atoms with Crippen LogP contribution in [0, 0.1) is 0 Å². The normalized spacial score (nSPS) is 11.7. The molecule has 1 nitrogen and oxygen atoms in total. The molecule has 0 atom stereocenters. The molecule has 15 heavy (non-hydrogen) atoms. The van der Waals surface area contributed by atoms with E-state index in [1.54, 1.807) is 0 Å². The fourth-order valence-corrected chi connectivity index (χ4v) is 1.53. The van der Waals surface area contributed by atoms with Gasteiger partial charge in [-0.3, -0.25) is 0 Å². The quantitative estimate of drug-likeness (QED) is 0.556. The van der Waals surface area contributed by atoms with Gasteiger partial charge in [-0.1, -0.05) is 42.0 Å². The number of allylic oxidation sites excluding steroid dienone is 2. The molecule has 0 amide bonds. The molecular formula is C14H20O. The van der Waals surface area contributed by atoms with Crippen LogP contribution in [0.4, 0.5) is 0 Å². The Kier molecular flexibility index (Phi) is 5.79. The van der Waals surface area contributed by atoms with Crippen LogP contribution in [0.15, 0.2) is 42.0 Å². The standard InChI is InChI=1S/C14H20O/c1-13(7-5-6-12-15)10-11-14-8-3-2-4-9-14/h2-4,7-9,15H,5-6,10-12H2,1H3/b13-7+. The van der Waals surface area contributed by atoms with Gasteiger partial charge < -0.3 is 5.11 Å². The van der Waals surface area contributed by atoms with E-state index in [9.17, 15) is 0 Å². The van der Waals surface area contributed by atoms with Crippen LogP contribution in [0.25, 0.3) is 0 Å². The van der Waals surface area contributed by atoms with E-state index in [1.165, 1.54) is 11.1 Å². The number of aryl methyl sites for hydroxylation is 1. The van der Waals surface area contributed by atoms with Crippen molar-refractivity contribution in [2.45, 2.75) is 32.6 Å². The molecule has 82 valence electrons. The van der Waals surface area contributed by atoms with Gasteiger partial charge in [0.25, 0.3) is 0 Å². The average Bonchev–Trinajstić information content (AvgIpc) is 2.28. The van der Waals surface area contributed by atoms with Gasteiger partial charge in [0, 0.05) is 6.61 Å². The zero-order chi connectivity index (χ0) is 10.9. The summed E-state index contributed by atoms with van der Waals surface area (Å²) >= 11 is 0. The second kappa shape index (κ2) is 7.24.